The fraction of sp³-hybridized carbons (Fsp3) is 0.468. The molecule has 0 unspecified atom stereocenters. The predicted octanol–water partition coefficient (Wildman–Crippen LogP) is 26.9. The maximum Gasteiger partial charge on any atom is 0.115 e. The summed E-state index contributed by atoms with van der Waals surface area (Å²) in [5, 5.41) is 22.4. The molecular formula is C94H160N16. The van der Waals surface area contributed by atoms with Crippen LogP contribution in [0.5, 0.6) is 0 Å². The number of benzene rings is 1. The van der Waals surface area contributed by atoms with Gasteiger partial charge in [0, 0.05) is 97.1 Å². The second-order valence-corrected chi connectivity index (χ2v) is 20.6. The summed E-state index contributed by atoms with van der Waals surface area (Å²) in [6.45, 7) is 88.4. The molecule has 0 saturated carbocycles. The van der Waals surface area contributed by atoms with Crippen molar-refractivity contribution in [3.63, 3.8) is 0 Å². The molecule has 0 saturated heterocycles. The Hall–Kier alpha value is -9.70. The third kappa shape index (κ3) is 75.1. The number of aryl methyl sites for hydroxylation is 22. The van der Waals surface area contributed by atoms with Crippen LogP contribution < -0.4 is 0 Å². The van der Waals surface area contributed by atoms with E-state index in [1.54, 1.807) is 49.8 Å². The monoisotopic (exact) mass is 1510 g/mol. The minimum atomic E-state index is 1.01. The largest absolute Gasteiger partial charge is 0.264 e. The molecule has 0 amide bonds. The number of nitrogens with zero attached hydrogens (tertiary/aromatic N) is 16. The Bertz CT molecular complexity index is 2610. The molecule has 16 heteroatoms. The Labute approximate surface area is 677 Å². The van der Waals surface area contributed by atoms with Gasteiger partial charge in [0.2, 0.25) is 0 Å². The molecule has 0 aliphatic carbocycles. The van der Waals surface area contributed by atoms with E-state index in [2.05, 4.69) is 172 Å². The lowest BCUT2D eigenvalue weighted by Gasteiger charge is -1.93. The Morgan fingerprint density at radius 1 is 0.155 bits per heavy atom. The van der Waals surface area contributed by atoms with Gasteiger partial charge in [-0.15, -0.1) is 0 Å². The molecule has 0 bridgehead atoms. The summed E-state index contributed by atoms with van der Waals surface area (Å²) < 4.78 is 0. The Kier molecular flexibility index (Phi) is 108. The van der Waals surface area contributed by atoms with Gasteiger partial charge in [0.15, 0.2) is 0 Å². The second kappa shape index (κ2) is 95.4. The van der Waals surface area contributed by atoms with Crippen molar-refractivity contribution in [2.24, 2.45) is 0 Å². The third-order valence-electron chi connectivity index (χ3n) is 13.5. The lowest BCUT2D eigenvalue weighted by molar-refractivity contribution is 0.961. The lowest BCUT2D eigenvalue weighted by Crippen LogP contribution is -1.87. The van der Waals surface area contributed by atoms with E-state index in [-0.39, 0.29) is 0 Å². The molecule has 0 aliphatic rings. The van der Waals surface area contributed by atoms with Crippen LogP contribution in [0.15, 0.2) is 172 Å². The van der Waals surface area contributed by atoms with Crippen molar-refractivity contribution in [2.75, 3.05) is 0 Å². The van der Waals surface area contributed by atoms with E-state index in [0.29, 0.717) is 0 Å². The van der Waals surface area contributed by atoms with Crippen LogP contribution in [0.2, 0.25) is 0 Å². The molecule has 0 N–H and O–H groups in total. The topological polar surface area (TPSA) is 206 Å². The highest BCUT2D eigenvalue weighted by Gasteiger charge is 1.93. The van der Waals surface area contributed by atoms with Gasteiger partial charge in [-0.25, -0.2) is 19.9 Å². The van der Waals surface area contributed by atoms with Crippen LogP contribution in [-0.2, 0) is 0 Å². The van der Waals surface area contributed by atoms with Crippen molar-refractivity contribution in [1.29, 1.82) is 0 Å². The van der Waals surface area contributed by atoms with Crippen LogP contribution in [0, 0.1) is 152 Å². The van der Waals surface area contributed by atoms with Gasteiger partial charge in [-0.05, 0) is 267 Å². The highest BCUT2D eigenvalue weighted by molar-refractivity contribution is 5.24. The normalized spacial score (nSPS) is 8.00. The third-order valence-corrected chi connectivity index (χ3v) is 13.5. The first kappa shape index (κ1) is 124. The minimum Gasteiger partial charge on any atom is -0.264 e. The molecule has 0 radical (unpaired) electrons. The Balaban J connectivity index is -0.000000106. The predicted molar refractivity (Wildman–Crippen MR) is 485 cm³/mol. The zero-order valence-electron chi connectivity index (χ0n) is 78.3. The average molecular weight is 1510 g/mol. The van der Waals surface area contributed by atoms with Crippen molar-refractivity contribution in [3.05, 3.63) is 296 Å². The van der Waals surface area contributed by atoms with Crippen molar-refractivity contribution in [3.8, 4) is 0 Å². The van der Waals surface area contributed by atoms with Gasteiger partial charge >= 0.3 is 0 Å². The van der Waals surface area contributed by atoms with E-state index >= 15 is 0 Å². The fourth-order valence-electron chi connectivity index (χ4n) is 5.65. The summed E-state index contributed by atoms with van der Waals surface area (Å²) in [7, 11) is 0. The average Bonchev–Trinajstić information content (AvgIpc) is 3.19. The van der Waals surface area contributed by atoms with Crippen molar-refractivity contribution < 1.29 is 0 Å². The van der Waals surface area contributed by atoms with E-state index in [9.17, 15) is 0 Å². The van der Waals surface area contributed by atoms with Gasteiger partial charge in [-0.3, -0.25) is 29.9 Å². The Morgan fingerprint density at radius 2 is 0.382 bits per heavy atom. The van der Waals surface area contributed by atoms with E-state index in [1.165, 1.54) is 66.8 Å². The highest BCUT2D eigenvalue weighted by atomic mass is 15.1. The molecule has 16 nitrogen and oxygen atoms in total. The van der Waals surface area contributed by atoms with Gasteiger partial charge in [-0.2, -0.15) is 30.6 Å². The summed E-state index contributed by atoms with van der Waals surface area (Å²) in [5.41, 5.74) is 25.8. The van der Waals surface area contributed by atoms with Gasteiger partial charge in [0.25, 0.3) is 0 Å². The smallest absolute Gasteiger partial charge is 0.115 e. The number of hydrogen-bond acceptors (Lipinski definition) is 16. The second-order valence-electron chi connectivity index (χ2n) is 20.6. The molecule has 10 heterocycles. The number of hydrogen-bond donors (Lipinski definition) is 0. The molecule has 110 heavy (non-hydrogen) atoms. The van der Waals surface area contributed by atoms with E-state index in [0.717, 1.165) is 56.7 Å². The fourth-order valence-corrected chi connectivity index (χ4v) is 5.65. The molecule has 1 aromatic carbocycles. The van der Waals surface area contributed by atoms with Gasteiger partial charge in [0.1, 0.15) is 12.7 Å². The molecular weight excluding hydrogens is 1350 g/mol. The first-order valence-corrected chi connectivity index (χ1v) is 39.8. The lowest BCUT2D eigenvalue weighted by atomic mass is 10.1. The highest BCUT2D eigenvalue weighted by Crippen LogP contribution is 2.05. The van der Waals surface area contributed by atoms with Crippen LogP contribution in [0.4, 0.5) is 0 Å². The van der Waals surface area contributed by atoms with Crippen LogP contribution in [0.1, 0.15) is 276 Å². The Morgan fingerprint density at radius 3 is 0.545 bits per heavy atom. The molecule has 0 spiro atoms. The SMILES string of the molecule is CC.CC.CC.CC.CC.CC.CC.CC.CC.CC.CC.Cc1ccccc1C.Cc1cccnc1C.Cc1cccnc1C.Cc1ccncc1C.Cc1ccncc1C.Cc1ccnnc1C.Cc1ccnnc1C.Cc1cncnc1C.Cc1cncnc1C.Cc1cnncc1C.Cc1nccnc1C. The number of pyridine rings is 4. The minimum absolute atomic E-state index is 1.01. The van der Waals surface area contributed by atoms with E-state index < -0.39 is 0 Å². The maximum atomic E-state index is 4.08. The van der Waals surface area contributed by atoms with Gasteiger partial charge in [0.05, 0.1) is 35.2 Å². The van der Waals surface area contributed by atoms with Crippen LogP contribution in [0.3, 0.4) is 0 Å². The summed E-state index contributed by atoms with van der Waals surface area (Å²) in [6, 6.07) is 24.3. The van der Waals surface area contributed by atoms with E-state index in [4.69, 9.17) is 0 Å². The molecule has 10 aromatic heterocycles. The van der Waals surface area contributed by atoms with Crippen LogP contribution in [-0.4, -0.2) is 80.4 Å². The first-order valence-electron chi connectivity index (χ1n) is 39.8. The zero-order chi connectivity index (χ0) is 87.8. The van der Waals surface area contributed by atoms with Crippen molar-refractivity contribution in [1.82, 2.24) is 80.4 Å². The van der Waals surface area contributed by atoms with Gasteiger partial charge in [-0.1, -0.05) is 189 Å². The van der Waals surface area contributed by atoms with Crippen molar-refractivity contribution >= 4 is 0 Å². The summed E-state index contributed by atoms with van der Waals surface area (Å²) in [5.74, 6) is 0. The molecule has 11 aromatic rings. The first-order chi connectivity index (χ1) is 52.8. The zero-order valence-corrected chi connectivity index (χ0v) is 78.3. The molecule has 0 fully saturated rings. The molecule has 0 atom stereocenters. The summed E-state index contributed by atoms with van der Waals surface area (Å²) in [6.07, 6.45) is 28.0. The van der Waals surface area contributed by atoms with Crippen LogP contribution >= 0.6 is 0 Å². The molecule has 616 valence electrons. The van der Waals surface area contributed by atoms with E-state index in [1.807, 2.05) is 335 Å². The van der Waals surface area contributed by atoms with Crippen LogP contribution in [0.25, 0.3) is 0 Å². The molecule has 11 rings (SSSR count). The van der Waals surface area contributed by atoms with Crippen molar-refractivity contribution in [2.45, 2.75) is 305 Å². The number of rotatable bonds is 0. The summed E-state index contributed by atoms with van der Waals surface area (Å²) in [4.78, 5) is 39.7. The summed E-state index contributed by atoms with van der Waals surface area (Å²) >= 11 is 0. The standard InChI is InChI=1S/C8H10.4C7H9N.6C6H8N2.11C2H6/c1-7-5-3-4-6-8(7)2;2*1-6-3-4-8-5-7(6)2;2*1-6-4-3-5-8-7(6)2;2*1-5-3-7-4-8-6(5)2;1-5-3-7-8-4-6(5)2;1-5-6(2)8-4-3-7-5;2*1-5-3-4-7-8-6(5)2;11*1-2/h3-6H,1-2H3;4*3-5H,1-2H3;6*3-4H,1-2H3;11*1-2H3. The maximum absolute atomic E-state index is 4.08. The number of aromatic nitrogens is 16. The molecule has 0 aliphatic heterocycles. The quantitative estimate of drug-likeness (QED) is 0.138. The van der Waals surface area contributed by atoms with Gasteiger partial charge < -0.3 is 0 Å².